The molecule has 7 heteroatoms. The molecule has 156 valence electrons. The minimum absolute atomic E-state index is 0.0741. The summed E-state index contributed by atoms with van der Waals surface area (Å²) < 4.78 is 5.88. The Labute approximate surface area is 163 Å². The second-order valence-corrected chi connectivity index (χ2v) is 8.00. The lowest BCUT2D eigenvalue weighted by Crippen LogP contribution is -2.39. The Kier molecular flexibility index (Phi) is 10.1. The van der Waals surface area contributed by atoms with Gasteiger partial charge in [-0.1, -0.05) is 19.3 Å². The van der Waals surface area contributed by atoms with Crippen LogP contribution in [0.1, 0.15) is 57.8 Å². The first-order valence-electron chi connectivity index (χ1n) is 10.6. The van der Waals surface area contributed by atoms with E-state index in [-0.39, 0.29) is 18.5 Å². The number of likely N-dealkylation sites (N-methyl/N-ethyl adjacent to an activating group) is 1. The molecular weight excluding hydrogens is 346 g/mol. The Hall–Kier alpha value is -1.18. The zero-order chi connectivity index (χ0) is 19.5. The molecule has 0 bridgehead atoms. The fourth-order valence-corrected chi connectivity index (χ4v) is 4.12. The Bertz CT molecular complexity index is 455. The van der Waals surface area contributed by atoms with Crippen molar-refractivity contribution in [2.24, 2.45) is 0 Å². The number of hydrogen-bond donors (Lipinski definition) is 2. The molecule has 2 aliphatic rings. The van der Waals surface area contributed by atoms with Gasteiger partial charge in [-0.15, -0.1) is 0 Å². The molecule has 0 aromatic carbocycles. The van der Waals surface area contributed by atoms with E-state index in [4.69, 9.17) is 9.84 Å². The first kappa shape index (κ1) is 22.1. The van der Waals surface area contributed by atoms with E-state index < -0.39 is 5.97 Å². The fraction of sp³-hybridized carbons (Fsp3) is 0.900. The van der Waals surface area contributed by atoms with Crippen LogP contribution < -0.4 is 5.32 Å². The van der Waals surface area contributed by atoms with Crippen LogP contribution in [0, 0.1) is 0 Å². The summed E-state index contributed by atoms with van der Waals surface area (Å²) in [6, 6.07) is 0.283. The molecule has 1 atom stereocenters. The molecule has 1 unspecified atom stereocenters. The number of carbonyl (C=O) groups is 2. The van der Waals surface area contributed by atoms with Gasteiger partial charge in [-0.25, -0.2) is 0 Å². The molecule has 2 N–H and O–H groups in total. The smallest absolute Gasteiger partial charge is 0.317 e. The highest BCUT2D eigenvalue weighted by atomic mass is 16.5. The van der Waals surface area contributed by atoms with E-state index in [0.717, 1.165) is 45.4 Å². The molecule has 1 saturated heterocycles. The van der Waals surface area contributed by atoms with Gasteiger partial charge in [0.05, 0.1) is 19.2 Å². The van der Waals surface area contributed by atoms with Crippen LogP contribution in [0.25, 0.3) is 0 Å². The average Bonchev–Trinajstić information content (AvgIpc) is 2.87. The largest absolute Gasteiger partial charge is 0.480 e. The summed E-state index contributed by atoms with van der Waals surface area (Å²) in [5.74, 6) is -0.713. The minimum atomic E-state index is -0.787. The van der Waals surface area contributed by atoms with Crippen LogP contribution in [-0.4, -0.2) is 85.3 Å². The predicted molar refractivity (Wildman–Crippen MR) is 105 cm³/mol. The monoisotopic (exact) mass is 383 g/mol. The number of nitrogens with zero attached hydrogens (tertiary/aromatic N) is 2. The first-order valence-corrected chi connectivity index (χ1v) is 10.6. The number of carbonyl (C=O) groups excluding carboxylic acids is 1. The Morgan fingerprint density at radius 1 is 1.11 bits per heavy atom. The van der Waals surface area contributed by atoms with E-state index in [2.05, 4.69) is 10.2 Å². The minimum Gasteiger partial charge on any atom is -0.480 e. The van der Waals surface area contributed by atoms with E-state index in [1.54, 1.807) is 0 Å². The number of carboxylic acids is 1. The number of ether oxygens (including phenoxy) is 1. The van der Waals surface area contributed by atoms with Crippen LogP contribution in [-0.2, 0) is 14.3 Å². The number of amides is 1. The molecule has 2 rings (SSSR count). The number of carboxylic acid groups (broad SMARTS) is 1. The van der Waals surface area contributed by atoms with E-state index in [1.165, 1.54) is 32.1 Å². The second-order valence-electron chi connectivity index (χ2n) is 8.00. The Morgan fingerprint density at radius 3 is 2.63 bits per heavy atom. The molecule has 0 aromatic heterocycles. The van der Waals surface area contributed by atoms with E-state index in [0.29, 0.717) is 19.2 Å². The second kappa shape index (κ2) is 12.3. The maximum absolute atomic E-state index is 12.2. The van der Waals surface area contributed by atoms with E-state index in [9.17, 15) is 9.59 Å². The van der Waals surface area contributed by atoms with Gasteiger partial charge in [-0.05, 0) is 52.1 Å². The summed E-state index contributed by atoms with van der Waals surface area (Å²) in [7, 11) is 1.87. The molecular formula is C20H37N3O4. The van der Waals surface area contributed by atoms with Crippen molar-refractivity contribution in [2.45, 2.75) is 69.9 Å². The average molecular weight is 384 g/mol. The van der Waals surface area contributed by atoms with Gasteiger partial charge in [0, 0.05) is 25.7 Å². The molecule has 1 heterocycles. The number of nitrogens with one attached hydrogen (secondary N) is 1. The first-order chi connectivity index (χ1) is 13.0. The third-order valence-electron chi connectivity index (χ3n) is 5.71. The lowest BCUT2D eigenvalue weighted by atomic mass is 9.98. The van der Waals surface area contributed by atoms with Gasteiger partial charge in [0.25, 0.3) is 0 Å². The number of likely N-dealkylation sites (tertiary alicyclic amines) is 1. The van der Waals surface area contributed by atoms with Crippen molar-refractivity contribution < 1.29 is 19.4 Å². The van der Waals surface area contributed by atoms with Crippen molar-refractivity contribution in [3.8, 4) is 0 Å². The Morgan fingerprint density at radius 2 is 1.89 bits per heavy atom. The van der Waals surface area contributed by atoms with Crippen molar-refractivity contribution in [2.75, 3.05) is 46.4 Å². The van der Waals surface area contributed by atoms with Gasteiger partial charge >= 0.3 is 5.97 Å². The van der Waals surface area contributed by atoms with Gasteiger partial charge in [0.1, 0.15) is 0 Å². The summed E-state index contributed by atoms with van der Waals surface area (Å²) in [4.78, 5) is 27.1. The molecule has 7 nitrogen and oxygen atoms in total. The summed E-state index contributed by atoms with van der Waals surface area (Å²) in [6.45, 7) is 3.64. The SMILES string of the molecule is CN(CC(=O)O)C1CCCN(CC(=O)NCCCOC2CCCCC2)CC1. The molecule has 0 radical (unpaired) electrons. The van der Waals surface area contributed by atoms with Crippen LogP contribution in [0.4, 0.5) is 0 Å². The van der Waals surface area contributed by atoms with Crippen molar-refractivity contribution >= 4 is 11.9 Å². The van der Waals surface area contributed by atoms with E-state index >= 15 is 0 Å². The van der Waals surface area contributed by atoms with Gasteiger partial charge < -0.3 is 15.2 Å². The number of aliphatic carboxylic acids is 1. The van der Waals surface area contributed by atoms with Gasteiger partial charge in [-0.3, -0.25) is 19.4 Å². The number of rotatable bonds is 10. The molecule has 1 aliphatic carbocycles. The number of hydrogen-bond acceptors (Lipinski definition) is 5. The van der Waals surface area contributed by atoms with Gasteiger partial charge in [0.2, 0.25) is 5.91 Å². The quantitative estimate of drug-likeness (QED) is 0.559. The normalized spacial score (nSPS) is 22.5. The molecule has 0 spiro atoms. The summed E-state index contributed by atoms with van der Waals surface area (Å²) in [5.41, 5.74) is 0. The van der Waals surface area contributed by atoms with Crippen molar-refractivity contribution in [1.29, 1.82) is 0 Å². The Balaban J connectivity index is 1.55. The maximum atomic E-state index is 12.2. The molecule has 1 aliphatic heterocycles. The topological polar surface area (TPSA) is 82.1 Å². The summed E-state index contributed by atoms with van der Waals surface area (Å²) in [6.07, 6.45) is 10.5. The molecule has 1 saturated carbocycles. The van der Waals surface area contributed by atoms with Crippen LogP contribution in [0.2, 0.25) is 0 Å². The van der Waals surface area contributed by atoms with Crippen molar-refractivity contribution in [1.82, 2.24) is 15.1 Å². The zero-order valence-corrected chi connectivity index (χ0v) is 16.8. The van der Waals surface area contributed by atoms with Crippen LogP contribution in [0.15, 0.2) is 0 Å². The van der Waals surface area contributed by atoms with Crippen LogP contribution in [0.5, 0.6) is 0 Å². The van der Waals surface area contributed by atoms with Crippen molar-refractivity contribution in [3.63, 3.8) is 0 Å². The van der Waals surface area contributed by atoms with Crippen molar-refractivity contribution in [3.05, 3.63) is 0 Å². The third kappa shape index (κ3) is 9.04. The fourth-order valence-electron chi connectivity index (χ4n) is 4.12. The molecule has 2 fully saturated rings. The van der Waals surface area contributed by atoms with E-state index in [1.807, 2.05) is 11.9 Å². The maximum Gasteiger partial charge on any atom is 0.317 e. The molecule has 1 amide bonds. The molecule has 0 aromatic rings. The van der Waals surface area contributed by atoms with Gasteiger partial charge in [0.15, 0.2) is 0 Å². The molecule has 27 heavy (non-hydrogen) atoms. The van der Waals surface area contributed by atoms with Crippen LogP contribution in [0.3, 0.4) is 0 Å². The van der Waals surface area contributed by atoms with Crippen LogP contribution >= 0.6 is 0 Å². The zero-order valence-electron chi connectivity index (χ0n) is 16.8. The highest BCUT2D eigenvalue weighted by Gasteiger charge is 2.22. The predicted octanol–water partition coefficient (Wildman–Crippen LogP) is 1.71. The lowest BCUT2D eigenvalue weighted by Gasteiger charge is -2.25. The third-order valence-corrected chi connectivity index (χ3v) is 5.71. The lowest BCUT2D eigenvalue weighted by molar-refractivity contribution is -0.138. The van der Waals surface area contributed by atoms with Gasteiger partial charge in [-0.2, -0.15) is 0 Å². The highest BCUT2D eigenvalue weighted by molar-refractivity contribution is 5.77. The standard InChI is InChI=1S/C20H37N3O4/c1-22(16-20(25)26)17-7-5-12-23(13-10-17)15-19(24)21-11-6-14-27-18-8-3-2-4-9-18/h17-18H,2-16H2,1H3,(H,21,24)(H,25,26). The summed E-state index contributed by atoms with van der Waals surface area (Å²) in [5, 5.41) is 11.9. The summed E-state index contributed by atoms with van der Waals surface area (Å²) >= 11 is 0. The highest BCUT2D eigenvalue weighted by Crippen LogP contribution is 2.20.